The van der Waals surface area contributed by atoms with Crippen LogP contribution in [0.25, 0.3) is 16.9 Å². The molecule has 3 aromatic rings. The summed E-state index contributed by atoms with van der Waals surface area (Å²) in [5.41, 5.74) is 2.39. The maximum absolute atomic E-state index is 10.3. The van der Waals surface area contributed by atoms with E-state index in [0.717, 1.165) is 35.6 Å². The fourth-order valence-electron chi connectivity index (χ4n) is 3.28. The molecular weight excluding hydrogens is 276 g/mol. The molecule has 1 atom stereocenters. The number of fused-ring (bicyclic) bond motifs is 1. The molecular formula is C17H18N4O. The van der Waals surface area contributed by atoms with Gasteiger partial charge in [0.05, 0.1) is 11.7 Å². The van der Waals surface area contributed by atoms with Crippen LogP contribution in [0.1, 0.15) is 24.7 Å². The van der Waals surface area contributed by atoms with Gasteiger partial charge in [-0.05, 0) is 50.7 Å². The zero-order valence-electron chi connectivity index (χ0n) is 12.5. The highest BCUT2D eigenvalue weighted by atomic mass is 16.3. The number of likely N-dealkylation sites (tertiary alicyclic amines) is 1. The standard InChI is InChI=1S/C17H18N4O/c1-20-11-5-8-14(20)17-19-12-6-4-10-18-16(12)21(17)13-7-2-3-9-15(13)22/h2-4,6-7,9-10,14,22H,5,8,11H2,1H3. The normalized spacial score (nSPS) is 19.0. The number of phenols is 1. The van der Waals surface area contributed by atoms with Gasteiger partial charge in [0.2, 0.25) is 0 Å². The second kappa shape index (κ2) is 5.10. The molecule has 4 rings (SSSR count). The quantitative estimate of drug-likeness (QED) is 0.789. The Labute approximate surface area is 128 Å². The summed E-state index contributed by atoms with van der Waals surface area (Å²) in [5, 5.41) is 10.3. The zero-order chi connectivity index (χ0) is 15.1. The van der Waals surface area contributed by atoms with Crippen molar-refractivity contribution in [2.45, 2.75) is 18.9 Å². The van der Waals surface area contributed by atoms with Crippen LogP contribution in [0, 0.1) is 0 Å². The van der Waals surface area contributed by atoms with Crippen LogP contribution in [-0.4, -0.2) is 38.1 Å². The van der Waals surface area contributed by atoms with Crippen LogP contribution in [0.4, 0.5) is 0 Å². The smallest absolute Gasteiger partial charge is 0.164 e. The van der Waals surface area contributed by atoms with Crippen LogP contribution in [-0.2, 0) is 0 Å². The molecule has 0 spiro atoms. The minimum absolute atomic E-state index is 0.245. The van der Waals surface area contributed by atoms with Crippen molar-refractivity contribution in [3.8, 4) is 11.4 Å². The Bertz CT molecular complexity index is 826. The van der Waals surface area contributed by atoms with Crippen LogP contribution in [0.2, 0.25) is 0 Å². The van der Waals surface area contributed by atoms with Gasteiger partial charge in [-0.3, -0.25) is 9.47 Å². The van der Waals surface area contributed by atoms with E-state index in [9.17, 15) is 5.11 Å². The van der Waals surface area contributed by atoms with Gasteiger partial charge in [0, 0.05) is 6.20 Å². The maximum Gasteiger partial charge on any atom is 0.164 e. The van der Waals surface area contributed by atoms with E-state index in [1.54, 1.807) is 12.3 Å². The van der Waals surface area contributed by atoms with E-state index in [-0.39, 0.29) is 11.8 Å². The Kier molecular flexibility index (Phi) is 3.08. The van der Waals surface area contributed by atoms with Crippen molar-refractivity contribution >= 4 is 11.2 Å². The van der Waals surface area contributed by atoms with Crippen molar-refractivity contribution in [1.82, 2.24) is 19.4 Å². The lowest BCUT2D eigenvalue weighted by Gasteiger charge is -2.20. The fourth-order valence-corrected chi connectivity index (χ4v) is 3.28. The molecule has 0 amide bonds. The van der Waals surface area contributed by atoms with Crippen molar-refractivity contribution < 1.29 is 5.11 Å². The average Bonchev–Trinajstić information content (AvgIpc) is 3.11. The van der Waals surface area contributed by atoms with Gasteiger partial charge in [0.25, 0.3) is 0 Å². The number of nitrogens with zero attached hydrogens (tertiary/aromatic N) is 4. The van der Waals surface area contributed by atoms with Crippen LogP contribution in [0.15, 0.2) is 42.6 Å². The maximum atomic E-state index is 10.3. The number of para-hydroxylation sites is 2. The third-order valence-corrected chi connectivity index (χ3v) is 4.38. The number of phenolic OH excluding ortho intramolecular Hbond substituents is 1. The molecule has 3 heterocycles. The van der Waals surface area contributed by atoms with Crippen molar-refractivity contribution in [3.05, 3.63) is 48.4 Å². The van der Waals surface area contributed by atoms with E-state index in [1.807, 2.05) is 34.9 Å². The minimum Gasteiger partial charge on any atom is -0.506 e. The average molecular weight is 294 g/mol. The lowest BCUT2D eigenvalue weighted by molar-refractivity contribution is 0.304. The topological polar surface area (TPSA) is 54.2 Å². The summed E-state index contributed by atoms with van der Waals surface area (Å²) in [6.07, 6.45) is 4.01. The predicted octanol–water partition coefficient (Wildman–Crippen LogP) is 2.89. The lowest BCUT2D eigenvalue weighted by Crippen LogP contribution is -2.21. The molecule has 2 aromatic heterocycles. The largest absolute Gasteiger partial charge is 0.506 e. The molecule has 1 saturated heterocycles. The Morgan fingerprint density at radius 1 is 1.18 bits per heavy atom. The Morgan fingerprint density at radius 3 is 2.82 bits per heavy atom. The molecule has 1 aliphatic heterocycles. The lowest BCUT2D eigenvalue weighted by atomic mass is 10.2. The first-order valence-electron chi connectivity index (χ1n) is 7.57. The summed E-state index contributed by atoms with van der Waals surface area (Å²) in [6, 6.07) is 11.5. The number of aromatic hydroxyl groups is 1. The van der Waals surface area contributed by atoms with E-state index in [1.165, 1.54) is 6.42 Å². The van der Waals surface area contributed by atoms with Gasteiger partial charge in [0.15, 0.2) is 5.65 Å². The summed E-state index contributed by atoms with van der Waals surface area (Å²) in [4.78, 5) is 11.6. The van der Waals surface area contributed by atoms with Gasteiger partial charge in [-0.25, -0.2) is 9.97 Å². The summed E-state index contributed by atoms with van der Waals surface area (Å²) < 4.78 is 2.00. The number of aromatic nitrogens is 3. The van der Waals surface area contributed by atoms with Gasteiger partial charge in [-0.2, -0.15) is 0 Å². The van der Waals surface area contributed by atoms with Crippen LogP contribution < -0.4 is 0 Å². The molecule has 0 radical (unpaired) electrons. The molecule has 0 bridgehead atoms. The first kappa shape index (κ1) is 13.3. The molecule has 0 saturated carbocycles. The number of hydrogen-bond donors (Lipinski definition) is 1. The third kappa shape index (κ3) is 1.97. The van der Waals surface area contributed by atoms with Gasteiger partial charge in [-0.1, -0.05) is 12.1 Å². The number of hydrogen-bond acceptors (Lipinski definition) is 4. The van der Waals surface area contributed by atoms with E-state index in [4.69, 9.17) is 4.98 Å². The third-order valence-electron chi connectivity index (χ3n) is 4.38. The molecule has 5 nitrogen and oxygen atoms in total. The highest BCUT2D eigenvalue weighted by Crippen LogP contribution is 2.35. The zero-order valence-corrected chi connectivity index (χ0v) is 12.5. The molecule has 1 aliphatic rings. The van der Waals surface area contributed by atoms with Gasteiger partial charge in [0.1, 0.15) is 17.1 Å². The fraction of sp³-hybridized carbons (Fsp3) is 0.294. The first-order chi connectivity index (χ1) is 10.8. The number of imidazole rings is 1. The van der Waals surface area contributed by atoms with Crippen LogP contribution in [0.3, 0.4) is 0 Å². The van der Waals surface area contributed by atoms with Gasteiger partial charge < -0.3 is 5.11 Å². The molecule has 1 aromatic carbocycles. The van der Waals surface area contributed by atoms with Crippen molar-refractivity contribution in [2.24, 2.45) is 0 Å². The molecule has 1 N–H and O–H groups in total. The van der Waals surface area contributed by atoms with Gasteiger partial charge in [-0.15, -0.1) is 0 Å². The Morgan fingerprint density at radius 2 is 2.05 bits per heavy atom. The van der Waals surface area contributed by atoms with Crippen molar-refractivity contribution in [1.29, 1.82) is 0 Å². The van der Waals surface area contributed by atoms with Crippen LogP contribution in [0.5, 0.6) is 5.75 Å². The SMILES string of the molecule is CN1CCCC1c1nc2cccnc2n1-c1ccccc1O. The molecule has 1 fully saturated rings. The van der Waals surface area contributed by atoms with E-state index >= 15 is 0 Å². The molecule has 22 heavy (non-hydrogen) atoms. The van der Waals surface area contributed by atoms with Crippen molar-refractivity contribution in [3.63, 3.8) is 0 Å². The van der Waals surface area contributed by atoms with E-state index in [0.29, 0.717) is 0 Å². The predicted molar refractivity (Wildman–Crippen MR) is 85.1 cm³/mol. The second-order valence-electron chi connectivity index (χ2n) is 5.78. The van der Waals surface area contributed by atoms with E-state index < -0.39 is 0 Å². The first-order valence-corrected chi connectivity index (χ1v) is 7.57. The Balaban J connectivity index is 2.00. The molecule has 0 aliphatic carbocycles. The highest BCUT2D eigenvalue weighted by Gasteiger charge is 2.29. The molecule has 5 heteroatoms. The Hall–Kier alpha value is -2.40. The second-order valence-corrected chi connectivity index (χ2v) is 5.78. The summed E-state index contributed by atoms with van der Waals surface area (Å²) in [6.45, 7) is 1.07. The van der Waals surface area contributed by atoms with E-state index in [2.05, 4.69) is 16.9 Å². The summed E-state index contributed by atoms with van der Waals surface area (Å²) in [5.74, 6) is 1.20. The summed E-state index contributed by atoms with van der Waals surface area (Å²) >= 11 is 0. The van der Waals surface area contributed by atoms with Gasteiger partial charge >= 0.3 is 0 Å². The molecule has 112 valence electrons. The number of benzene rings is 1. The summed E-state index contributed by atoms with van der Waals surface area (Å²) in [7, 11) is 2.12. The van der Waals surface area contributed by atoms with Crippen molar-refractivity contribution in [2.75, 3.05) is 13.6 Å². The number of pyridine rings is 1. The number of rotatable bonds is 2. The minimum atomic E-state index is 0.245. The highest BCUT2D eigenvalue weighted by molar-refractivity contribution is 5.75. The monoisotopic (exact) mass is 294 g/mol. The van der Waals surface area contributed by atoms with Crippen LogP contribution >= 0.6 is 0 Å². The molecule has 1 unspecified atom stereocenters.